The first kappa shape index (κ1) is 20.9. The number of pyridine rings is 1. The van der Waals surface area contributed by atoms with Gasteiger partial charge in [-0.2, -0.15) is 0 Å². The van der Waals surface area contributed by atoms with Crippen LogP contribution in [-0.2, 0) is 4.79 Å². The lowest BCUT2D eigenvalue weighted by Crippen LogP contribution is -2.19. The second-order valence-electron chi connectivity index (χ2n) is 6.32. The van der Waals surface area contributed by atoms with Gasteiger partial charge in [0.1, 0.15) is 0 Å². The quantitative estimate of drug-likeness (QED) is 0.351. The topological polar surface area (TPSA) is 89.9 Å². The van der Waals surface area contributed by atoms with Crippen molar-refractivity contribution in [1.82, 2.24) is 10.5 Å². The van der Waals surface area contributed by atoms with E-state index in [-0.39, 0.29) is 5.57 Å². The van der Waals surface area contributed by atoms with Crippen LogP contribution < -0.4 is 19.7 Å². The van der Waals surface area contributed by atoms with Gasteiger partial charge in [-0.25, -0.2) is 10.5 Å². The molecule has 0 fully saturated rings. The van der Waals surface area contributed by atoms with E-state index in [1.165, 1.54) is 0 Å². The molecule has 3 rings (SSSR count). The second-order valence-corrected chi connectivity index (χ2v) is 6.32. The fraction of sp³-hybridized carbons (Fsp3) is 0.130. The van der Waals surface area contributed by atoms with Crippen molar-refractivity contribution < 1.29 is 24.2 Å². The molecule has 7 heteroatoms. The number of methoxy groups -OCH3 is 3. The summed E-state index contributed by atoms with van der Waals surface area (Å²) in [4.78, 5) is 16.4. The number of hydrogen-bond donors (Lipinski definition) is 2. The lowest BCUT2D eigenvalue weighted by Gasteiger charge is -2.14. The Balaban J connectivity index is 2.04. The molecule has 1 amide bonds. The molecule has 154 valence electrons. The van der Waals surface area contributed by atoms with Gasteiger partial charge < -0.3 is 14.2 Å². The number of carbonyl (C=O) groups is 1. The van der Waals surface area contributed by atoms with Crippen LogP contribution in [0.15, 0.2) is 61.2 Å². The van der Waals surface area contributed by atoms with E-state index >= 15 is 0 Å². The normalized spacial score (nSPS) is 10.3. The van der Waals surface area contributed by atoms with E-state index in [4.69, 9.17) is 24.4 Å². The number of hydrogen-bond acceptors (Lipinski definition) is 6. The van der Waals surface area contributed by atoms with Crippen molar-refractivity contribution in [2.75, 3.05) is 21.3 Å². The van der Waals surface area contributed by atoms with E-state index in [2.05, 4.69) is 6.58 Å². The van der Waals surface area contributed by atoms with Gasteiger partial charge in [-0.05, 0) is 35.9 Å². The monoisotopic (exact) mass is 406 g/mol. The molecule has 0 aliphatic rings. The average molecular weight is 406 g/mol. The number of nitrogens with zero attached hydrogens (tertiary/aromatic N) is 1. The zero-order valence-electron chi connectivity index (χ0n) is 16.9. The Morgan fingerprint density at radius 2 is 1.50 bits per heavy atom. The standard InChI is InChI=1S/C23H22N2O5/c1-14(23(26)25-27)15-7-5-8-16(11-15)18-9-6-10-19(24-18)17-12-20(28-2)22(30-4)21(13-17)29-3/h5-13,27H,1H2,2-4H3,(H,25,26). The maximum absolute atomic E-state index is 11.7. The first-order valence-electron chi connectivity index (χ1n) is 9.04. The molecular weight excluding hydrogens is 384 g/mol. The van der Waals surface area contributed by atoms with Crippen LogP contribution in [0.5, 0.6) is 17.2 Å². The average Bonchev–Trinajstić information content (AvgIpc) is 2.82. The first-order valence-corrected chi connectivity index (χ1v) is 9.04. The van der Waals surface area contributed by atoms with Gasteiger partial charge in [0.15, 0.2) is 11.5 Å². The molecular formula is C23H22N2O5. The highest BCUT2D eigenvalue weighted by Gasteiger charge is 2.15. The Kier molecular flexibility index (Phi) is 6.34. The molecule has 0 spiro atoms. The van der Waals surface area contributed by atoms with Gasteiger partial charge >= 0.3 is 0 Å². The number of rotatable bonds is 7. The Bertz CT molecular complexity index is 1070. The fourth-order valence-electron chi connectivity index (χ4n) is 3.05. The molecule has 0 saturated heterocycles. The number of carbonyl (C=O) groups excluding carboxylic acids is 1. The number of hydroxylamine groups is 1. The number of aromatic nitrogens is 1. The number of amides is 1. The minimum Gasteiger partial charge on any atom is -0.493 e. The van der Waals surface area contributed by atoms with Crippen molar-refractivity contribution in [2.45, 2.75) is 0 Å². The Morgan fingerprint density at radius 1 is 0.900 bits per heavy atom. The van der Waals surface area contributed by atoms with Crippen LogP contribution in [0.25, 0.3) is 28.1 Å². The summed E-state index contributed by atoms with van der Waals surface area (Å²) in [5.74, 6) is 0.916. The van der Waals surface area contributed by atoms with Crippen LogP contribution in [0, 0.1) is 0 Å². The fourth-order valence-corrected chi connectivity index (χ4v) is 3.05. The molecule has 0 saturated carbocycles. The molecule has 2 N–H and O–H groups in total. The van der Waals surface area contributed by atoms with Crippen LogP contribution in [0.1, 0.15) is 5.56 Å². The van der Waals surface area contributed by atoms with Gasteiger partial charge in [0.2, 0.25) is 5.75 Å². The Hall–Kier alpha value is -3.84. The van der Waals surface area contributed by atoms with Crippen molar-refractivity contribution in [3.8, 4) is 39.8 Å². The predicted molar refractivity (Wildman–Crippen MR) is 114 cm³/mol. The minimum atomic E-state index is -0.661. The third-order valence-electron chi connectivity index (χ3n) is 4.59. The van der Waals surface area contributed by atoms with Gasteiger partial charge in [-0.3, -0.25) is 10.0 Å². The van der Waals surface area contributed by atoms with Crippen LogP contribution in [-0.4, -0.2) is 37.4 Å². The number of nitrogens with one attached hydrogen (secondary N) is 1. The zero-order valence-corrected chi connectivity index (χ0v) is 16.9. The second kappa shape index (κ2) is 9.11. The molecule has 1 heterocycles. The Labute approximate surface area is 174 Å². The largest absolute Gasteiger partial charge is 0.493 e. The lowest BCUT2D eigenvalue weighted by molar-refractivity contribution is -0.123. The third kappa shape index (κ3) is 4.11. The molecule has 0 bridgehead atoms. The number of ether oxygens (including phenoxy) is 3. The van der Waals surface area contributed by atoms with Crippen molar-refractivity contribution in [2.24, 2.45) is 0 Å². The summed E-state index contributed by atoms with van der Waals surface area (Å²) in [6.45, 7) is 3.72. The summed E-state index contributed by atoms with van der Waals surface area (Å²) >= 11 is 0. The number of benzene rings is 2. The summed E-state index contributed by atoms with van der Waals surface area (Å²) < 4.78 is 16.2. The molecule has 30 heavy (non-hydrogen) atoms. The molecule has 2 aromatic carbocycles. The maximum Gasteiger partial charge on any atom is 0.274 e. The maximum atomic E-state index is 11.7. The minimum absolute atomic E-state index is 0.153. The molecule has 0 atom stereocenters. The lowest BCUT2D eigenvalue weighted by atomic mass is 10.0. The van der Waals surface area contributed by atoms with E-state index in [9.17, 15) is 4.79 Å². The van der Waals surface area contributed by atoms with E-state index in [1.54, 1.807) is 45.0 Å². The van der Waals surface area contributed by atoms with Crippen molar-refractivity contribution in [1.29, 1.82) is 0 Å². The summed E-state index contributed by atoms with van der Waals surface area (Å²) in [5, 5.41) is 8.84. The summed E-state index contributed by atoms with van der Waals surface area (Å²) in [7, 11) is 4.68. The Morgan fingerprint density at radius 3 is 2.07 bits per heavy atom. The first-order chi connectivity index (χ1) is 14.5. The van der Waals surface area contributed by atoms with Gasteiger partial charge in [-0.15, -0.1) is 0 Å². The summed E-state index contributed by atoms with van der Waals surface area (Å²) in [6.07, 6.45) is 0. The van der Waals surface area contributed by atoms with Crippen molar-refractivity contribution in [3.05, 3.63) is 66.7 Å². The highest BCUT2D eigenvalue weighted by molar-refractivity contribution is 6.18. The summed E-state index contributed by atoms with van der Waals surface area (Å²) in [6, 6.07) is 16.5. The SMILES string of the molecule is C=C(C(=O)NO)c1cccc(-c2cccc(-c3cc(OC)c(OC)c(OC)c3)n2)c1. The van der Waals surface area contributed by atoms with Gasteiger partial charge in [0.05, 0.1) is 32.7 Å². The van der Waals surface area contributed by atoms with Crippen LogP contribution >= 0.6 is 0 Å². The molecule has 0 aliphatic heterocycles. The molecule has 3 aromatic rings. The van der Waals surface area contributed by atoms with Crippen LogP contribution in [0.3, 0.4) is 0 Å². The highest BCUT2D eigenvalue weighted by Crippen LogP contribution is 2.41. The van der Waals surface area contributed by atoms with Gasteiger partial charge in [0, 0.05) is 16.7 Å². The molecule has 0 unspecified atom stereocenters. The van der Waals surface area contributed by atoms with Crippen LogP contribution in [0.4, 0.5) is 0 Å². The molecule has 0 aliphatic carbocycles. The van der Waals surface area contributed by atoms with Gasteiger partial charge in [-0.1, -0.05) is 30.8 Å². The zero-order chi connectivity index (χ0) is 21.7. The summed E-state index contributed by atoms with van der Waals surface area (Å²) in [5.41, 5.74) is 5.35. The highest BCUT2D eigenvalue weighted by atomic mass is 16.5. The van der Waals surface area contributed by atoms with E-state index in [1.807, 2.05) is 36.4 Å². The molecule has 1 aromatic heterocycles. The van der Waals surface area contributed by atoms with Crippen LogP contribution in [0.2, 0.25) is 0 Å². The molecule has 0 radical (unpaired) electrons. The van der Waals surface area contributed by atoms with E-state index in [0.717, 1.165) is 11.1 Å². The van der Waals surface area contributed by atoms with E-state index in [0.29, 0.717) is 34.2 Å². The van der Waals surface area contributed by atoms with Crippen molar-refractivity contribution in [3.63, 3.8) is 0 Å². The smallest absolute Gasteiger partial charge is 0.274 e. The third-order valence-corrected chi connectivity index (χ3v) is 4.59. The van der Waals surface area contributed by atoms with E-state index < -0.39 is 5.91 Å². The predicted octanol–water partition coefficient (Wildman–Crippen LogP) is 3.96. The van der Waals surface area contributed by atoms with Gasteiger partial charge in [0.25, 0.3) is 5.91 Å². The molecule has 7 nitrogen and oxygen atoms in total. The van der Waals surface area contributed by atoms with Crippen molar-refractivity contribution >= 4 is 11.5 Å².